The number of nitrogens with one attached hydrogen (secondary N) is 1. The summed E-state index contributed by atoms with van der Waals surface area (Å²) >= 11 is 0. The number of anilines is 1. The van der Waals surface area contributed by atoms with Crippen LogP contribution in [0.25, 0.3) is 0 Å². The van der Waals surface area contributed by atoms with E-state index < -0.39 is 0 Å². The van der Waals surface area contributed by atoms with Crippen LogP contribution in [0.4, 0.5) is 5.69 Å². The van der Waals surface area contributed by atoms with Crippen molar-refractivity contribution < 1.29 is 23.9 Å². The summed E-state index contributed by atoms with van der Waals surface area (Å²) in [6.07, 6.45) is 2.00. The number of carbonyl (C=O) groups excluding carboxylic acids is 3. The summed E-state index contributed by atoms with van der Waals surface area (Å²) in [7, 11) is 3.36. The second kappa shape index (κ2) is 10.3. The molecule has 1 aliphatic carbocycles. The molecule has 32 heavy (non-hydrogen) atoms. The molecule has 1 heterocycles. The first-order chi connectivity index (χ1) is 15.2. The molecule has 1 saturated carbocycles. The number of ether oxygens (including phenoxy) is 2. The first-order valence-electron chi connectivity index (χ1n) is 11.4. The smallest absolute Gasteiger partial charge is 0.257 e. The van der Waals surface area contributed by atoms with Gasteiger partial charge in [0.1, 0.15) is 12.4 Å². The van der Waals surface area contributed by atoms with E-state index in [0.717, 1.165) is 12.8 Å². The zero-order valence-electron chi connectivity index (χ0n) is 19.7. The van der Waals surface area contributed by atoms with Gasteiger partial charge >= 0.3 is 0 Å². The summed E-state index contributed by atoms with van der Waals surface area (Å²) in [6, 6.07) is 4.93. The summed E-state index contributed by atoms with van der Waals surface area (Å²) in [5.74, 6) is 0.415. The van der Waals surface area contributed by atoms with E-state index in [4.69, 9.17) is 9.47 Å². The van der Waals surface area contributed by atoms with Crippen molar-refractivity contribution in [1.29, 1.82) is 0 Å². The zero-order chi connectivity index (χ0) is 23.4. The van der Waals surface area contributed by atoms with Crippen LogP contribution in [0.3, 0.4) is 0 Å². The molecule has 0 radical (unpaired) electrons. The maximum Gasteiger partial charge on any atom is 0.257 e. The van der Waals surface area contributed by atoms with Gasteiger partial charge in [0.15, 0.2) is 0 Å². The van der Waals surface area contributed by atoms with Crippen molar-refractivity contribution in [3.05, 3.63) is 23.8 Å². The van der Waals surface area contributed by atoms with Crippen molar-refractivity contribution in [2.24, 2.45) is 11.8 Å². The fourth-order valence-corrected chi connectivity index (χ4v) is 3.98. The lowest BCUT2D eigenvalue weighted by molar-refractivity contribution is -0.136. The number of hydrogen-bond donors (Lipinski definition) is 1. The second-order valence-corrected chi connectivity index (χ2v) is 8.97. The molecule has 1 aromatic rings. The minimum Gasteiger partial charge on any atom is -0.491 e. The predicted molar refractivity (Wildman–Crippen MR) is 122 cm³/mol. The van der Waals surface area contributed by atoms with Crippen molar-refractivity contribution in [3.63, 3.8) is 0 Å². The van der Waals surface area contributed by atoms with Crippen molar-refractivity contribution in [1.82, 2.24) is 9.80 Å². The Labute approximate surface area is 190 Å². The Balaban J connectivity index is 1.94. The van der Waals surface area contributed by atoms with Gasteiger partial charge in [-0.2, -0.15) is 0 Å². The molecule has 0 saturated heterocycles. The van der Waals surface area contributed by atoms with Crippen molar-refractivity contribution in [2.45, 2.75) is 52.2 Å². The van der Waals surface area contributed by atoms with Gasteiger partial charge in [-0.05, 0) is 38.0 Å². The third-order valence-corrected chi connectivity index (χ3v) is 6.26. The molecule has 3 rings (SSSR count). The van der Waals surface area contributed by atoms with E-state index in [1.54, 1.807) is 44.2 Å². The third kappa shape index (κ3) is 5.59. The SMILES string of the molecule is CCC(=O)Nc1ccc2c(c1)C(=O)N(C)C[C@@H](OC)[C@H](C)CN(C(=O)C1CC1)[C@H](C)CO2. The fraction of sp³-hybridized carbons (Fsp3) is 0.625. The third-order valence-electron chi connectivity index (χ3n) is 6.26. The number of benzene rings is 1. The average Bonchev–Trinajstić information content (AvgIpc) is 3.63. The molecule has 1 N–H and O–H groups in total. The van der Waals surface area contributed by atoms with Crippen molar-refractivity contribution in [3.8, 4) is 5.75 Å². The quantitative estimate of drug-likeness (QED) is 0.770. The molecule has 0 spiro atoms. The number of nitrogens with zero attached hydrogens (tertiary/aromatic N) is 2. The first kappa shape index (κ1) is 24.0. The molecule has 1 aliphatic heterocycles. The van der Waals surface area contributed by atoms with Gasteiger partial charge in [0, 0.05) is 51.2 Å². The Morgan fingerprint density at radius 1 is 1.22 bits per heavy atom. The van der Waals surface area contributed by atoms with Crippen LogP contribution in [-0.4, -0.2) is 73.5 Å². The van der Waals surface area contributed by atoms with Crippen LogP contribution in [0.15, 0.2) is 18.2 Å². The molecule has 176 valence electrons. The number of fused-ring (bicyclic) bond motifs is 1. The number of carbonyl (C=O) groups is 3. The van der Waals surface area contributed by atoms with E-state index in [1.807, 2.05) is 18.7 Å². The summed E-state index contributed by atoms with van der Waals surface area (Å²) < 4.78 is 11.8. The molecule has 1 aromatic carbocycles. The van der Waals surface area contributed by atoms with Gasteiger partial charge in [-0.3, -0.25) is 14.4 Å². The molecule has 8 nitrogen and oxygen atoms in total. The largest absolute Gasteiger partial charge is 0.491 e. The molecule has 8 heteroatoms. The summed E-state index contributed by atoms with van der Waals surface area (Å²) in [6.45, 7) is 6.99. The van der Waals surface area contributed by atoms with Crippen molar-refractivity contribution >= 4 is 23.4 Å². The molecule has 0 aromatic heterocycles. The topological polar surface area (TPSA) is 88.2 Å². The lowest BCUT2D eigenvalue weighted by atomic mass is 10.0. The van der Waals surface area contributed by atoms with E-state index in [9.17, 15) is 14.4 Å². The van der Waals surface area contributed by atoms with E-state index in [0.29, 0.717) is 36.5 Å². The van der Waals surface area contributed by atoms with E-state index in [-0.39, 0.29) is 48.3 Å². The van der Waals surface area contributed by atoms with Crippen LogP contribution in [0.5, 0.6) is 5.75 Å². The van der Waals surface area contributed by atoms with Gasteiger partial charge in [0.25, 0.3) is 5.91 Å². The van der Waals surface area contributed by atoms with Crippen LogP contribution in [0.2, 0.25) is 0 Å². The van der Waals surface area contributed by atoms with Crippen LogP contribution >= 0.6 is 0 Å². The minimum atomic E-state index is -0.225. The molecule has 2 aliphatic rings. The molecule has 3 atom stereocenters. The predicted octanol–water partition coefficient (Wildman–Crippen LogP) is 2.78. The zero-order valence-corrected chi connectivity index (χ0v) is 19.7. The summed E-state index contributed by atoms with van der Waals surface area (Å²) in [4.78, 5) is 41.6. The van der Waals surface area contributed by atoms with E-state index >= 15 is 0 Å². The number of hydrogen-bond acceptors (Lipinski definition) is 5. The number of methoxy groups -OCH3 is 1. The lowest BCUT2D eigenvalue weighted by Gasteiger charge is -2.36. The highest BCUT2D eigenvalue weighted by atomic mass is 16.5. The Morgan fingerprint density at radius 3 is 2.56 bits per heavy atom. The summed E-state index contributed by atoms with van der Waals surface area (Å²) in [5.41, 5.74) is 0.917. The van der Waals surface area contributed by atoms with Gasteiger partial charge in [0.2, 0.25) is 11.8 Å². The molecule has 0 bridgehead atoms. The van der Waals surface area contributed by atoms with Crippen molar-refractivity contribution in [2.75, 3.05) is 39.2 Å². The molecule has 1 fully saturated rings. The minimum absolute atomic E-state index is 0.0365. The average molecular weight is 446 g/mol. The van der Waals surface area contributed by atoms with Gasteiger partial charge in [0.05, 0.1) is 17.7 Å². The fourth-order valence-electron chi connectivity index (χ4n) is 3.98. The number of amides is 3. The van der Waals surface area contributed by atoms with E-state index in [1.165, 1.54) is 0 Å². The maximum atomic E-state index is 13.3. The molecule has 3 amide bonds. The van der Waals surface area contributed by atoms with Crippen LogP contribution < -0.4 is 10.1 Å². The van der Waals surface area contributed by atoms with Gasteiger partial charge < -0.3 is 24.6 Å². The van der Waals surface area contributed by atoms with Crippen LogP contribution in [-0.2, 0) is 14.3 Å². The Morgan fingerprint density at radius 2 is 1.94 bits per heavy atom. The van der Waals surface area contributed by atoms with Gasteiger partial charge in [-0.1, -0.05) is 13.8 Å². The first-order valence-corrected chi connectivity index (χ1v) is 11.4. The standard InChI is InChI=1S/C24H35N3O5/c1-6-22(28)25-18-9-10-20-19(11-18)24(30)26(4)13-21(31-5)15(2)12-27(16(3)14-32-20)23(29)17-7-8-17/h9-11,15-17,21H,6-8,12-14H2,1-5H3,(H,25,28)/t15-,16-,21-/m1/s1. The number of likely N-dealkylation sites (N-methyl/N-ethyl adjacent to an activating group) is 1. The maximum absolute atomic E-state index is 13.3. The van der Waals surface area contributed by atoms with Crippen LogP contribution in [0.1, 0.15) is 50.4 Å². The highest BCUT2D eigenvalue weighted by molar-refractivity contribution is 5.99. The van der Waals surface area contributed by atoms with Gasteiger partial charge in [-0.15, -0.1) is 0 Å². The second-order valence-electron chi connectivity index (χ2n) is 8.97. The normalized spacial score (nSPS) is 24.7. The number of rotatable bonds is 4. The summed E-state index contributed by atoms with van der Waals surface area (Å²) in [5, 5.41) is 2.80. The Kier molecular flexibility index (Phi) is 7.77. The highest BCUT2D eigenvalue weighted by Crippen LogP contribution is 2.33. The molecular formula is C24H35N3O5. The van der Waals surface area contributed by atoms with Gasteiger partial charge in [-0.25, -0.2) is 0 Å². The monoisotopic (exact) mass is 445 g/mol. The Hall–Kier alpha value is -2.61. The molecule has 0 unspecified atom stereocenters. The van der Waals surface area contributed by atoms with E-state index in [2.05, 4.69) is 5.32 Å². The Bertz CT molecular complexity index is 854. The van der Waals surface area contributed by atoms with Crippen LogP contribution in [0, 0.1) is 11.8 Å². The lowest BCUT2D eigenvalue weighted by Crippen LogP contribution is -2.49. The highest BCUT2D eigenvalue weighted by Gasteiger charge is 2.37. The molecular weight excluding hydrogens is 410 g/mol.